The van der Waals surface area contributed by atoms with Gasteiger partial charge in [0.25, 0.3) is 0 Å². The fraction of sp³-hybridized carbons (Fsp3) is 0.750. The molecule has 1 nitrogen and oxygen atoms in total. The average molecular weight is 267 g/mol. The molecule has 1 aliphatic carbocycles. The molecular weight excluding hydrogens is 236 g/mol. The van der Waals surface area contributed by atoms with E-state index in [-0.39, 0.29) is 10.6 Å². The molecule has 0 aromatic heterocycles. The highest BCUT2D eigenvalue weighted by Gasteiger charge is 2.49. The van der Waals surface area contributed by atoms with Crippen LogP contribution in [0.4, 0.5) is 0 Å². The van der Waals surface area contributed by atoms with E-state index in [1.807, 2.05) is 0 Å². The molecule has 1 fully saturated rings. The summed E-state index contributed by atoms with van der Waals surface area (Å²) in [6.45, 7) is 24.3. The SMILES string of the molecule is C=C(C)C1C(=C)CCC1(C)O[Si](C)(C)C(C)(C)C. The van der Waals surface area contributed by atoms with E-state index in [0.29, 0.717) is 5.92 Å². The lowest BCUT2D eigenvalue weighted by atomic mass is 9.86. The van der Waals surface area contributed by atoms with Gasteiger partial charge in [-0.25, -0.2) is 0 Å². The Bertz CT molecular complexity index is 362. The lowest BCUT2D eigenvalue weighted by Crippen LogP contribution is -2.50. The molecule has 18 heavy (non-hydrogen) atoms. The summed E-state index contributed by atoms with van der Waals surface area (Å²) in [7, 11) is -1.74. The first-order valence-electron chi connectivity index (χ1n) is 6.94. The van der Waals surface area contributed by atoms with E-state index in [1.165, 1.54) is 11.1 Å². The predicted molar refractivity (Wildman–Crippen MR) is 83.4 cm³/mol. The monoisotopic (exact) mass is 266 g/mol. The minimum absolute atomic E-state index is 0.0914. The summed E-state index contributed by atoms with van der Waals surface area (Å²) >= 11 is 0. The highest BCUT2D eigenvalue weighted by molar-refractivity contribution is 6.74. The fourth-order valence-electron chi connectivity index (χ4n) is 2.84. The molecule has 2 unspecified atom stereocenters. The molecule has 2 atom stereocenters. The zero-order valence-electron chi connectivity index (χ0n) is 13.3. The molecule has 1 aliphatic rings. The first-order chi connectivity index (χ1) is 7.91. The van der Waals surface area contributed by atoms with Gasteiger partial charge in [-0.3, -0.25) is 0 Å². The highest BCUT2D eigenvalue weighted by Crippen LogP contribution is 2.49. The topological polar surface area (TPSA) is 9.23 Å². The van der Waals surface area contributed by atoms with Crippen molar-refractivity contribution in [2.24, 2.45) is 5.92 Å². The van der Waals surface area contributed by atoms with Gasteiger partial charge in [0, 0.05) is 5.92 Å². The molecule has 1 rings (SSSR count). The normalized spacial score (nSPS) is 29.7. The van der Waals surface area contributed by atoms with Crippen LogP contribution >= 0.6 is 0 Å². The standard InChI is InChI=1S/C16H30OSi/c1-12(2)14-13(3)10-11-16(14,7)17-18(8,9)15(4,5)6/h14H,1,3,10-11H2,2,4-9H3. The molecular formula is C16H30OSi. The first kappa shape index (κ1) is 15.7. The molecule has 0 saturated heterocycles. The quantitative estimate of drug-likeness (QED) is 0.497. The Balaban J connectivity index is 3.02. The second kappa shape index (κ2) is 4.64. The van der Waals surface area contributed by atoms with Gasteiger partial charge in [0.15, 0.2) is 8.32 Å². The lowest BCUT2D eigenvalue weighted by molar-refractivity contribution is 0.0534. The molecule has 1 saturated carbocycles. The fourth-order valence-corrected chi connectivity index (χ4v) is 4.54. The summed E-state index contributed by atoms with van der Waals surface area (Å²) in [4.78, 5) is 0. The van der Waals surface area contributed by atoms with Crippen molar-refractivity contribution < 1.29 is 4.43 Å². The summed E-state index contributed by atoms with van der Waals surface area (Å²) in [5.41, 5.74) is 2.40. The van der Waals surface area contributed by atoms with Crippen molar-refractivity contribution in [2.75, 3.05) is 0 Å². The summed E-state index contributed by atoms with van der Waals surface area (Å²) in [5, 5.41) is 0.250. The van der Waals surface area contributed by atoms with E-state index in [4.69, 9.17) is 4.43 Å². The van der Waals surface area contributed by atoms with Crippen molar-refractivity contribution in [3.63, 3.8) is 0 Å². The Hall–Kier alpha value is -0.343. The molecule has 104 valence electrons. The molecule has 0 aliphatic heterocycles. The number of hydrogen-bond acceptors (Lipinski definition) is 1. The van der Waals surface area contributed by atoms with Gasteiger partial charge in [-0.05, 0) is 44.8 Å². The summed E-state index contributed by atoms with van der Waals surface area (Å²) in [5.74, 6) is 0.326. The Morgan fingerprint density at radius 1 is 1.39 bits per heavy atom. The average Bonchev–Trinajstić information content (AvgIpc) is 2.38. The van der Waals surface area contributed by atoms with E-state index < -0.39 is 8.32 Å². The summed E-state index contributed by atoms with van der Waals surface area (Å²) < 4.78 is 6.71. The maximum Gasteiger partial charge on any atom is 0.192 e. The zero-order valence-corrected chi connectivity index (χ0v) is 14.3. The van der Waals surface area contributed by atoms with Crippen molar-refractivity contribution in [2.45, 2.75) is 71.2 Å². The molecule has 0 amide bonds. The Labute approximate surface area is 114 Å². The van der Waals surface area contributed by atoms with Gasteiger partial charge in [-0.15, -0.1) is 0 Å². The van der Waals surface area contributed by atoms with Crippen LogP contribution in [0.2, 0.25) is 18.1 Å². The van der Waals surface area contributed by atoms with Crippen LogP contribution in [0.15, 0.2) is 24.3 Å². The lowest BCUT2D eigenvalue weighted by Gasteiger charge is -2.45. The smallest absolute Gasteiger partial charge is 0.192 e. The number of rotatable bonds is 3. The van der Waals surface area contributed by atoms with E-state index >= 15 is 0 Å². The third-order valence-electron chi connectivity index (χ3n) is 4.75. The van der Waals surface area contributed by atoms with Gasteiger partial charge in [0.2, 0.25) is 0 Å². The van der Waals surface area contributed by atoms with Crippen molar-refractivity contribution in [3.8, 4) is 0 Å². The largest absolute Gasteiger partial charge is 0.411 e. The van der Waals surface area contributed by atoms with Gasteiger partial charge < -0.3 is 4.43 Å². The van der Waals surface area contributed by atoms with Crippen molar-refractivity contribution in [1.82, 2.24) is 0 Å². The molecule has 0 spiro atoms. The van der Waals surface area contributed by atoms with Crippen molar-refractivity contribution in [1.29, 1.82) is 0 Å². The van der Waals surface area contributed by atoms with Crippen LogP contribution in [0, 0.1) is 5.92 Å². The van der Waals surface area contributed by atoms with Gasteiger partial charge in [-0.2, -0.15) is 0 Å². The van der Waals surface area contributed by atoms with Crippen LogP contribution in [-0.2, 0) is 4.43 Å². The molecule has 0 N–H and O–H groups in total. The molecule has 0 heterocycles. The second-order valence-corrected chi connectivity index (χ2v) is 12.3. The molecule has 0 bridgehead atoms. The third kappa shape index (κ3) is 2.80. The Morgan fingerprint density at radius 3 is 2.28 bits per heavy atom. The molecule has 0 aromatic rings. The Morgan fingerprint density at radius 2 is 1.89 bits per heavy atom. The minimum Gasteiger partial charge on any atom is -0.411 e. The molecule has 0 aromatic carbocycles. The Kier molecular flexibility index (Phi) is 4.05. The minimum atomic E-state index is -1.74. The second-order valence-electron chi connectivity index (χ2n) is 7.61. The van der Waals surface area contributed by atoms with Crippen LogP contribution < -0.4 is 0 Å². The highest BCUT2D eigenvalue weighted by atomic mass is 28.4. The van der Waals surface area contributed by atoms with E-state index in [9.17, 15) is 0 Å². The first-order valence-corrected chi connectivity index (χ1v) is 9.85. The van der Waals surface area contributed by atoms with Gasteiger partial charge in [-0.1, -0.05) is 45.1 Å². The van der Waals surface area contributed by atoms with E-state index in [2.05, 4.69) is 60.9 Å². The van der Waals surface area contributed by atoms with Crippen LogP contribution in [0.3, 0.4) is 0 Å². The van der Waals surface area contributed by atoms with Gasteiger partial charge >= 0.3 is 0 Å². The van der Waals surface area contributed by atoms with Gasteiger partial charge in [0.1, 0.15) is 0 Å². The van der Waals surface area contributed by atoms with E-state index in [1.54, 1.807) is 0 Å². The van der Waals surface area contributed by atoms with Crippen molar-refractivity contribution >= 4 is 8.32 Å². The molecule has 2 heteroatoms. The van der Waals surface area contributed by atoms with Crippen LogP contribution in [0.5, 0.6) is 0 Å². The predicted octanol–water partition coefficient (Wildman–Crippen LogP) is 5.31. The molecule has 0 radical (unpaired) electrons. The zero-order chi connectivity index (χ0) is 14.4. The van der Waals surface area contributed by atoms with Crippen molar-refractivity contribution in [3.05, 3.63) is 24.3 Å². The maximum absolute atomic E-state index is 6.71. The van der Waals surface area contributed by atoms with Crippen LogP contribution in [0.25, 0.3) is 0 Å². The number of hydrogen-bond donors (Lipinski definition) is 0. The van der Waals surface area contributed by atoms with Gasteiger partial charge in [0.05, 0.1) is 5.60 Å². The van der Waals surface area contributed by atoms with Crippen LogP contribution in [-0.4, -0.2) is 13.9 Å². The summed E-state index contributed by atoms with van der Waals surface area (Å²) in [6, 6.07) is 0. The maximum atomic E-state index is 6.71. The van der Waals surface area contributed by atoms with E-state index in [0.717, 1.165) is 12.8 Å². The summed E-state index contributed by atoms with van der Waals surface area (Å²) in [6.07, 6.45) is 2.15. The third-order valence-corrected chi connectivity index (χ3v) is 9.34. The van der Waals surface area contributed by atoms with Crippen LogP contribution in [0.1, 0.15) is 47.5 Å².